The van der Waals surface area contributed by atoms with Crippen LogP contribution in [0.25, 0.3) is 0 Å². The largest absolute Gasteiger partial charge is 0.290 e. The van der Waals surface area contributed by atoms with Crippen molar-refractivity contribution in [3.8, 4) is 0 Å². The standard InChI is InChI=1S/C12H21N5/c1-10(2)17-11(13-14-15-17)9-16-8-4-7-12(16)5-3-6-12/h10H,3-9H2,1-2H3. The number of hydrogen-bond donors (Lipinski definition) is 0. The number of rotatable bonds is 3. The average molecular weight is 235 g/mol. The van der Waals surface area contributed by atoms with E-state index in [9.17, 15) is 0 Å². The third kappa shape index (κ3) is 1.76. The number of nitrogens with zero attached hydrogens (tertiary/aromatic N) is 5. The minimum Gasteiger partial charge on any atom is -0.290 e. The normalized spacial score (nSPS) is 23.5. The third-order valence-electron chi connectivity index (χ3n) is 4.41. The Morgan fingerprint density at radius 1 is 1.24 bits per heavy atom. The first kappa shape index (κ1) is 11.1. The molecule has 2 heterocycles. The van der Waals surface area contributed by atoms with Gasteiger partial charge in [-0.15, -0.1) is 5.10 Å². The van der Waals surface area contributed by atoms with Crippen molar-refractivity contribution in [2.45, 2.75) is 64.1 Å². The molecule has 0 N–H and O–H groups in total. The van der Waals surface area contributed by atoms with E-state index in [1.165, 1.54) is 38.6 Å². The average Bonchev–Trinajstić information content (AvgIpc) is 2.83. The molecule has 1 aliphatic carbocycles. The minimum atomic E-state index is 0.347. The zero-order valence-corrected chi connectivity index (χ0v) is 10.8. The van der Waals surface area contributed by atoms with E-state index in [1.54, 1.807) is 0 Å². The summed E-state index contributed by atoms with van der Waals surface area (Å²) in [6, 6.07) is 0.347. The molecule has 5 heteroatoms. The van der Waals surface area contributed by atoms with Crippen molar-refractivity contribution >= 4 is 0 Å². The Kier molecular flexibility index (Phi) is 2.65. The van der Waals surface area contributed by atoms with Crippen LogP contribution in [0.5, 0.6) is 0 Å². The lowest BCUT2D eigenvalue weighted by atomic mass is 9.75. The Hall–Kier alpha value is -0.970. The van der Waals surface area contributed by atoms with Gasteiger partial charge in [0.05, 0.1) is 12.6 Å². The summed E-state index contributed by atoms with van der Waals surface area (Å²) in [5.74, 6) is 1.02. The molecule has 1 spiro atoms. The fourth-order valence-electron chi connectivity index (χ4n) is 3.28. The maximum absolute atomic E-state index is 4.19. The number of likely N-dealkylation sites (tertiary alicyclic amines) is 1. The van der Waals surface area contributed by atoms with Crippen LogP contribution in [0.3, 0.4) is 0 Å². The number of hydrogen-bond acceptors (Lipinski definition) is 4. The molecule has 17 heavy (non-hydrogen) atoms. The van der Waals surface area contributed by atoms with Crippen LogP contribution in [0, 0.1) is 0 Å². The summed E-state index contributed by atoms with van der Waals surface area (Å²) in [4.78, 5) is 2.61. The second-order valence-corrected chi connectivity index (χ2v) is 5.74. The van der Waals surface area contributed by atoms with Crippen molar-refractivity contribution in [1.82, 2.24) is 25.1 Å². The Balaban J connectivity index is 1.76. The van der Waals surface area contributed by atoms with Gasteiger partial charge in [0.25, 0.3) is 0 Å². The first-order chi connectivity index (χ1) is 8.21. The molecule has 5 nitrogen and oxygen atoms in total. The summed E-state index contributed by atoms with van der Waals surface area (Å²) in [5, 5.41) is 12.1. The first-order valence-corrected chi connectivity index (χ1v) is 6.73. The van der Waals surface area contributed by atoms with Gasteiger partial charge in [-0.1, -0.05) is 0 Å². The highest BCUT2D eigenvalue weighted by Gasteiger charge is 2.45. The summed E-state index contributed by atoms with van der Waals surface area (Å²) in [5.41, 5.74) is 0.508. The molecule has 1 aromatic heterocycles. The van der Waals surface area contributed by atoms with Gasteiger partial charge in [-0.3, -0.25) is 4.90 Å². The van der Waals surface area contributed by atoms with Crippen LogP contribution < -0.4 is 0 Å². The van der Waals surface area contributed by atoms with Crippen LogP contribution in [0.15, 0.2) is 0 Å². The van der Waals surface area contributed by atoms with E-state index in [-0.39, 0.29) is 0 Å². The molecule has 0 atom stereocenters. The zero-order chi connectivity index (χ0) is 11.9. The van der Waals surface area contributed by atoms with Crippen LogP contribution >= 0.6 is 0 Å². The van der Waals surface area contributed by atoms with Crippen LogP contribution in [0.2, 0.25) is 0 Å². The Labute approximate surface area is 102 Å². The van der Waals surface area contributed by atoms with Crippen LogP contribution in [-0.2, 0) is 6.54 Å². The molecule has 1 aromatic rings. The molecule has 3 rings (SSSR count). The maximum Gasteiger partial charge on any atom is 0.165 e. The topological polar surface area (TPSA) is 46.8 Å². The van der Waals surface area contributed by atoms with E-state index in [0.29, 0.717) is 11.6 Å². The molecule has 0 unspecified atom stereocenters. The lowest BCUT2D eigenvalue weighted by Gasteiger charge is -2.45. The van der Waals surface area contributed by atoms with E-state index >= 15 is 0 Å². The summed E-state index contributed by atoms with van der Waals surface area (Å²) in [6.07, 6.45) is 6.84. The van der Waals surface area contributed by atoms with Gasteiger partial charge in [-0.2, -0.15) is 0 Å². The number of aromatic nitrogens is 4. The highest BCUT2D eigenvalue weighted by Crippen LogP contribution is 2.45. The maximum atomic E-state index is 4.19. The molecule has 2 aliphatic rings. The summed E-state index contributed by atoms with van der Waals surface area (Å²) in [6.45, 7) is 6.39. The predicted octanol–water partition coefficient (Wildman–Crippen LogP) is 1.77. The van der Waals surface area contributed by atoms with E-state index in [2.05, 4.69) is 34.3 Å². The Morgan fingerprint density at radius 3 is 2.65 bits per heavy atom. The quantitative estimate of drug-likeness (QED) is 0.801. The number of tetrazole rings is 1. The molecule has 0 radical (unpaired) electrons. The van der Waals surface area contributed by atoms with Crippen LogP contribution in [0.4, 0.5) is 0 Å². The van der Waals surface area contributed by atoms with Gasteiger partial charge in [0.2, 0.25) is 0 Å². The smallest absolute Gasteiger partial charge is 0.165 e. The fraction of sp³-hybridized carbons (Fsp3) is 0.917. The predicted molar refractivity (Wildman–Crippen MR) is 64.4 cm³/mol. The minimum absolute atomic E-state index is 0.347. The van der Waals surface area contributed by atoms with Gasteiger partial charge in [-0.05, 0) is 62.9 Å². The van der Waals surface area contributed by atoms with Crippen molar-refractivity contribution in [3.05, 3.63) is 5.82 Å². The van der Waals surface area contributed by atoms with E-state index < -0.39 is 0 Å². The summed E-state index contributed by atoms with van der Waals surface area (Å²) < 4.78 is 1.95. The third-order valence-corrected chi connectivity index (χ3v) is 4.41. The van der Waals surface area contributed by atoms with E-state index in [4.69, 9.17) is 0 Å². The van der Waals surface area contributed by atoms with E-state index in [1.807, 2.05) is 4.68 Å². The molecule has 2 fully saturated rings. The molecule has 1 saturated carbocycles. The molecule has 0 amide bonds. The summed E-state index contributed by atoms with van der Waals surface area (Å²) in [7, 11) is 0. The highest BCUT2D eigenvalue weighted by molar-refractivity contribution is 5.03. The van der Waals surface area contributed by atoms with Gasteiger partial charge in [0.1, 0.15) is 0 Å². The molecule has 1 aliphatic heterocycles. The first-order valence-electron chi connectivity index (χ1n) is 6.73. The van der Waals surface area contributed by atoms with Crippen molar-refractivity contribution in [2.24, 2.45) is 0 Å². The fourth-order valence-corrected chi connectivity index (χ4v) is 3.28. The van der Waals surface area contributed by atoms with Crippen molar-refractivity contribution in [2.75, 3.05) is 6.54 Å². The van der Waals surface area contributed by atoms with Crippen molar-refractivity contribution in [1.29, 1.82) is 0 Å². The highest BCUT2D eigenvalue weighted by atomic mass is 15.6. The lowest BCUT2D eigenvalue weighted by molar-refractivity contribution is 0.0460. The SMILES string of the molecule is CC(C)n1nnnc1CN1CCCC12CCC2. The van der Waals surface area contributed by atoms with Gasteiger partial charge < -0.3 is 0 Å². The summed E-state index contributed by atoms with van der Waals surface area (Å²) >= 11 is 0. The van der Waals surface area contributed by atoms with Gasteiger partial charge in [-0.25, -0.2) is 4.68 Å². The monoisotopic (exact) mass is 235 g/mol. The van der Waals surface area contributed by atoms with Crippen molar-refractivity contribution < 1.29 is 0 Å². The molecule has 94 valence electrons. The van der Waals surface area contributed by atoms with Crippen molar-refractivity contribution in [3.63, 3.8) is 0 Å². The van der Waals surface area contributed by atoms with E-state index in [0.717, 1.165) is 12.4 Å². The van der Waals surface area contributed by atoms with Gasteiger partial charge in [0, 0.05) is 5.54 Å². The van der Waals surface area contributed by atoms with Crippen LogP contribution in [0.1, 0.15) is 57.8 Å². The molecule has 1 saturated heterocycles. The second kappa shape index (κ2) is 4.05. The van der Waals surface area contributed by atoms with Gasteiger partial charge >= 0.3 is 0 Å². The van der Waals surface area contributed by atoms with Crippen LogP contribution in [-0.4, -0.2) is 37.2 Å². The molecular weight excluding hydrogens is 214 g/mol. The Bertz CT molecular complexity index is 393. The second-order valence-electron chi connectivity index (χ2n) is 5.74. The molecule has 0 aromatic carbocycles. The Morgan fingerprint density at radius 2 is 2.00 bits per heavy atom. The zero-order valence-electron chi connectivity index (χ0n) is 10.8. The molecular formula is C12H21N5. The molecule has 0 bridgehead atoms. The lowest BCUT2D eigenvalue weighted by Crippen LogP contribution is -2.49. The van der Waals surface area contributed by atoms with Gasteiger partial charge in [0.15, 0.2) is 5.82 Å².